The van der Waals surface area contributed by atoms with E-state index in [-0.39, 0.29) is 11.3 Å². The van der Waals surface area contributed by atoms with Gasteiger partial charge in [0.1, 0.15) is 5.75 Å². The van der Waals surface area contributed by atoms with Gasteiger partial charge < -0.3 is 5.11 Å². The minimum atomic E-state index is -3.88. The van der Waals surface area contributed by atoms with Crippen molar-refractivity contribution in [2.24, 2.45) is 0 Å². The Hall–Kier alpha value is -1.66. The number of carbonyl (C=O) groups is 1. The summed E-state index contributed by atoms with van der Waals surface area (Å²) < 4.78 is 29.2. The first-order valence-electron chi connectivity index (χ1n) is 4.60. The number of hydrogen-bond acceptors (Lipinski definition) is 3. The van der Waals surface area contributed by atoms with Gasteiger partial charge in [-0.1, -0.05) is 36.9 Å². The number of hydrogen-bond donors (Lipinski definition) is 2. The Balaban J connectivity index is 0.000000366. The Bertz CT molecular complexity index is 464. The Morgan fingerprint density at radius 1 is 1.29 bits per heavy atom. The molecule has 0 heterocycles. The van der Waals surface area contributed by atoms with E-state index in [0.29, 0.717) is 5.56 Å². The average Bonchev–Trinajstić information content (AvgIpc) is 2.17. The molecule has 5 nitrogen and oxygen atoms in total. The highest BCUT2D eigenvalue weighted by Crippen LogP contribution is 2.02. The molecule has 0 aliphatic rings. The molecule has 1 aromatic rings. The summed E-state index contributed by atoms with van der Waals surface area (Å²) in [6.45, 7) is 4.60. The number of benzene rings is 1. The van der Waals surface area contributed by atoms with Gasteiger partial charge in [-0.25, -0.2) is 4.79 Å². The molecule has 0 unspecified atom stereocenters. The maximum atomic E-state index is 10.4. The van der Waals surface area contributed by atoms with Crippen LogP contribution in [0, 0.1) is 0 Å². The molecule has 0 saturated carbocycles. The van der Waals surface area contributed by atoms with Crippen LogP contribution in [0.2, 0.25) is 0 Å². The smallest absolute Gasteiger partial charge is 0.330 e. The number of rotatable bonds is 3. The molecule has 0 atom stereocenters. The quantitative estimate of drug-likeness (QED) is 0.636. The molecule has 0 bridgehead atoms. The van der Waals surface area contributed by atoms with Crippen LogP contribution in [0.1, 0.15) is 12.5 Å². The van der Waals surface area contributed by atoms with E-state index in [1.807, 2.05) is 0 Å². The van der Waals surface area contributed by atoms with Crippen LogP contribution >= 0.6 is 0 Å². The summed E-state index contributed by atoms with van der Waals surface area (Å²) in [5.41, 5.74) is 0.769. The van der Waals surface area contributed by atoms with E-state index >= 15 is 0 Å². The zero-order valence-corrected chi connectivity index (χ0v) is 10.1. The molecule has 0 fully saturated rings. The summed E-state index contributed by atoms with van der Waals surface area (Å²) in [5, 5.41) is 7.89. The predicted molar refractivity (Wildman–Crippen MR) is 64.1 cm³/mol. The van der Waals surface area contributed by atoms with Crippen molar-refractivity contribution >= 4 is 16.1 Å². The molecule has 6 heteroatoms. The van der Waals surface area contributed by atoms with Crippen LogP contribution in [0.4, 0.5) is 0 Å². The van der Waals surface area contributed by atoms with Gasteiger partial charge in [0, 0.05) is 5.57 Å². The standard InChI is InChI=1S/C7H8O3S.C4H6O2/c8-11(9,10)6-7-4-2-1-3-5-7;1-3(2)4(5)6/h1-5H,6H2,(H,8,9,10);1H2,2H3,(H,5,6). The molecule has 0 aliphatic heterocycles. The first kappa shape index (κ1) is 15.3. The largest absolute Gasteiger partial charge is 0.478 e. The van der Waals surface area contributed by atoms with Crippen LogP contribution in [0.5, 0.6) is 0 Å². The minimum Gasteiger partial charge on any atom is -0.478 e. The van der Waals surface area contributed by atoms with E-state index in [1.54, 1.807) is 30.3 Å². The third-order valence-electron chi connectivity index (χ3n) is 1.56. The zero-order chi connectivity index (χ0) is 13.5. The molecule has 0 aliphatic carbocycles. The second-order valence-corrected chi connectivity index (χ2v) is 4.75. The highest BCUT2D eigenvalue weighted by atomic mass is 32.2. The summed E-state index contributed by atoms with van der Waals surface area (Å²) >= 11 is 0. The number of aliphatic carboxylic acids is 1. The lowest BCUT2D eigenvalue weighted by Crippen LogP contribution is -2.00. The van der Waals surface area contributed by atoms with E-state index < -0.39 is 16.1 Å². The van der Waals surface area contributed by atoms with Crippen LogP contribution in [-0.2, 0) is 20.7 Å². The Labute approximate surface area is 100 Å². The van der Waals surface area contributed by atoms with Gasteiger partial charge >= 0.3 is 5.97 Å². The molecule has 1 rings (SSSR count). The normalized spacial score (nSPS) is 10.0. The van der Waals surface area contributed by atoms with E-state index in [9.17, 15) is 13.2 Å². The van der Waals surface area contributed by atoms with Gasteiger partial charge in [-0.3, -0.25) is 4.55 Å². The van der Waals surface area contributed by atoms with Gasteiger partial charge in [0.15, 0.2) is 0 Å². The summed E-state index contributed by atoms with van der Waals surface area (Å²) in [6.07, 6.45) is 0. The predicted octanol–water partition coefficient (Wildman–Crippen LogP) is 1.72. The highest BCUT2D eigenvalue weighted by Gasteiger charge is 2.04. The van der Waals surface area contributed by atoms with Crippen molar-refractivity contribution in [3.05, 3.63) is 48.0 Å². The molecule has 2 N–H and O–H groups in total. The van der Waals surface area contributed by atoms with Crippen LogP contribution in [0.15, 0.2) is 42.5 Å². The minimum absolute atomic E-state index is 0.176. The van der Waals surface area contributed by atoms with E-state index in [4.69, 9.17) is 9.66 Å². The van der Waals surface area contributed by atoms with Gasteiger partial charge in [0.2, 0.25) is 0 Å². The fourth-order valence-corrected chi connectivity index (χ4v) is 1.40. The zero-order valence-electron chi connectivity index (χ0n) is 9.33. The van der Waals surface area contributed by atoms with Crippen LogP contribution in [0.25, 0.3) is 0 Å². The summed E-state index contributed by atoms with van der Waals surface area (Å²) in [5.74, 6) is -1.25. The van der Waals surface area contributed by atoms with Gasteiger partial charge in [-0.2, -0.15) is 8.42 Å². The summed E-state index contributed by atoms with van der Waals surface area (Å²) in [6, 6.07) is 8.52. The van der Waals surface area contributed by atoms with Crippen LogP contribution < -0.4 is 0 Å². The van der Waals surface area contributed by atoms with Crippen molar-refractivity contribution in [3.8, 4) is 0 Å². The molecule has 17 heavy (non-hydrogen) atoms. The van der Waals surface area contributed by atoms with E-state index in [1.165, 1.54) is 6.92 Å². The molecule has 0 radical (unpaired) electrons. The first-order valence-corrected chi connectivity index (χ1v) is 6.21. The van der Waals surface area contributed by atoms with Crippen molar-refractivity contribution in [2.45, 2.75) is 12.7 Å². The van der Waals surface area contributed by atoms with Gasteiger partial charge in [0.05, 0.1) is 0 Å². The van der Waals surface area contributed by atoms with Gasteiger partial charge in [-0.05, 0) is 12.5 Å². The fourth-order valence-electron chi connectivity index (χ4n) is 0.785. The highest BCUT2D eigenvalue weighted by molar-refractivity contribution is 7.85. The third kappa shape index (κ3) is 9.28. The van der Waals surface area contributed by atoms with Crippen LogP contribution in [-0.4, -0.2) is 24.0 Å². The molecule has 0 saturated heterocycles. The lowest BCUT2D eigenvalue weighted by Gasteiger charge is -1.95. The lowest BCUT2D eigenvalue weighted by atomic mass is 10.2. The molecule has 0 spiro atoms. The second kappa shape index (κ2) is 6.82. The van der Waals surface area contributed by atoms with Crippen LogP contribution in [0.3, 0.4) is 0 Å². The Morgan fingerprint density at radius 3 is 2.00 bits per heavy atom. The van der Waals surface area contributed by atoms with Crippen molar-refractivity contribution in [2.75, 3.05) is 0 Å². The molecule has 0 aromatic heterocycles. The van der Waals surface area contributed by atoms with Crippen molar-refractivity contribution < 1.29 is 22.9 Å². The van der Waals surface area contributed by atoms with Gasteiger partial charge in [-0.15, -0.1) is 0 Å². The summed E-state index contributed by atoms with van der Waals surface area (Å²) in [7, 11) is -3.88. The molecule has 94 valence electrons. The number of carboxylic acids is 1. The number of carboxylic acid groups (broad SMARTS) is 1. The average molecular weight is 258 g/mol. The maximum absolute atomic E-state index is 10.4. The van der Waals surface area contributed by atoms with E-state index in [0.717, 1.165) is 0 Å². The molecular formula is C11H14O5S. The van der Waals surface area contributed by atoms with Crippen molar-refractivity contribution in [3.63, 3.8) is 0 Å². The lowest BCUT2D eigenvalue weighted by molar-refractivity contribution is -0.132. The third-order valence-corrected chi connectivity index (χ3v) is 2.26. The topological polar surface area (TPSA) is 91.7 Å². The Kier molecular flexibility index (Phi) is 6.16. The Morgan fingerprint density at radius 2 is 1.71 bits per heavy atom. The molecular weight excluding hydrogens is 244 g/mol. The van der Waals surface area contributed by atoms with E-state index in [2.05, 4.69) is 6.58 Å². The van der Waals surface area contributed by atoms with Gasteiger partial charge in [0.25, 0.3) is 10.1 Å². The monoisotopic (exact) mass is 258 g/mol. The maximum Gasteiger partial charge on any atom is 0.330 e. The van der Waals surface area contributed by atoms with Crippen molar-refractivity contribution in [1.29, 1.82) is 0 Å². The first-order chi connectivity index (χ1) is 7.72. The second-order valence-electron chi connectivity index (χ2n) is 3.30. The molecule has 1 aromatic carbocycles. The fraction of sp³-hybridized carbons (Fsp3) is 0.182. The van der Waals surface area contributed by atoms with Crippen molar-refractivity contribution in [1.82, 2.24) is 0 Å². The molecule has 0 amide bonds. The SMILES string of the molecule is C=C(C)C(=O)O.O=S(=O)(O)Cc1ccccc1. The summed E-state index contributed by atoms with van der Waals surface area (Å²) in [4.78, 5) is 9.60.